The van der Waals surface area contributed by atoms with E-state index < -0.39 is 5.82 Å². The van der Waals surface area contributed by atoms with Crippen molar-refractivity contribution in [3.8, 4) is 0 Å². The predicted octanol–water partition coefficient (Wildman–Crippen LogP) is 1.23. The first-order valence-corrected chi connectivity index (χ1v) is 4.60. The summed E-state index contributed by atoms with van der Waals surface area (Å²) < 4.78 is 13.4. The maximum atomic E-state index is 13.4. The zero-order chi connectivity index (χ0) is 11.5. The number of nitrogens with two attached hydrogens (primary N) is 1. The quantitative estimate of drug-likeness (QED) is 0.317. The smallest absolute Gasteiger partial charge is 0.152 e. The molecule has 0 aromatic carbocycles. The van der Waals surface area contributed by atoms with Crippen molar-refractivity contribution in [3.63, 3.8) is 0 Å². The van der Waals surface area contributed by atoms with Gasteiger partial charge in [-0.2, -0.15) is 0 Å². The largest absolute Gasteiger partial charge is 0.308 e. The van der Waals surface area contributed by atoms with Crippen molar-refractivity contribution in [2.45, 2.75) is 26.3 Å². The third-order valence-electron chi connectivity index (χ3n) is 1.61. The molecule has 3 N–H and O–H groups in total. The highest BCUT2D eigenvalue weighted by Crippen LogP contribution is 2.11. The number of hydrazine groups is 1. The summed E-state index contributed by atoms with van der Waals surface area (Å²) in [4.78, 5) is 7.93. The molecule has 0 bridgehead atoms. The molecule has 82 valence electrons. The fraction of sp³-hybridized carbons (Fsp3) is 0.400. The lowest BCUT2D eigenvalue weighted by Crippen LogP contribution is -2.34. The second kappa shape index (κ2) is 4.35. The molecule has 1 heterocycles. The second-order valence-corrected chi connectivity index (χ2v) is 4.13. The Morgan fingerprint density at radius 2 is 2.20 bits per heavy atom. The molecule has 4 nitrogen and oxygen atoms in total. The lowest BCUT2D eigenvalue weighted by atomic mass is 10.1. The van der Waals surface area contributed by atoms with E-state index in [0.717, 1.165) is 6.20 Å². The Morgan fingerprint density at radius 3 is 2.67 bits per heavy atom. The zero-order valence-corrected chi connectivity index (χ0v) is 9.08. The van der Waals surface area contributed by atoms with Crippen LogP contribution in [0.5, 0.6) is 0 Å². The average Bonchev–Trinajstić information content (AvgIpc) is 2.14. The van der Waals surface area contributed by atoms with Crippen molar-refractivity contribution < 1.29 is 4.39 Å². The van der Waals surface area contributed by atoms with Gasteiger partial charge < -0.3 is 5.43 Å². The highest BCUT2D eigenvalue weighted by atomic mass is 19.1. The summed E-state index contributed by atoms with van der Waals surface area (Å²) in [5.74, 6) is 5.19. The van der Waals surface area contributed by atoms with E-state index in [-0.39, 0.29) is 5.54 Å². The Labute approximate surface area is 88.4 Å². The number of halogens is 1. The molecule has 0 saturated carbocycles. The average molecular weight is 210 g/mol. The highest BCUT2D eigenvalue weighted by Gasteiger charge is 2.13. The van der Waals surface area contributed by atoms with Crippen molar-refractivity contribution in [1.29, 1.82) is 0 Å². The van der Waals surface area contributed by atoms with Crippen LogP contribution < -0.4 is 11.3 Å². The van der Waals surface area contributed by atoms with Crippen molar-refractivity contribution in [2.75, 3.05) is 0 Å². The van der Waals surface area contributed by atoms with Crippen LogP contribution >= 0.6 is 0 Å². The van der Waals surface area contributed by atoms with Gasteiger partial charge in [0.2, 0.25) is 0 Å². The van der Waals surface area contributed by atoms with Crippen molar-refractivity contribution in [1.82, 2.24) is 10.4 Å². The summed E-state index contributed by atoms with van der Waals surface area (Å²) in [6.07, 6.45) is 2.62. The normalized spacial score (nSPS) is 12.7. The van der Waals surface area contributed by atoms with Gasteiger partial charge in [0.15, 0.2) is 5.82 Å². The van der Waals surface area contributed by atoms with E-state index in [2.05, 4.69) is 15.4 Å². The van der Waals surface area contributed by atoms with E-state index in [1.54, 1.807) is 0 Å². The number of hydrogen-bond acceptors (Lipinski definition) is 3. The standard InChI is InChI=1S/C10H15FN4/c1-10(2,3)14-9(15-12)7-4-5-13-6-8(7)11/h4-6H,12H2,1-3H3,(H,14,15). The molecular formula is C10H15FN4. The van der Waals surface area contributed by atoms with E-state index in [1.807, 2.05) is 20.8 Å². The summed E-state index contributed by atoms with van der Waals surface area (Å²) in [6, 6.07) is 1.53. The van der Waals surface area contributed by atoms with Crippen LogP contribution in [0.4, 0.5) is 4.39 Å². The van der Waals surface area contributed by atoms with Crippen LogP contribution in [0.25, 0.3) is 0 Å². The maximum absolute atomic E-state index is 13.4. The van der Waals surface area contributed by atoms with Crippen molar-refractivity contribution in [2.24, 2.45) is 10.8 Å². The number of pyridine rings is 1. The molecule has 0 atom stereocenters. The molecule has 15 heavy (non-hydrogen) atoms. The Balaban J connectivity index is 3.14. The SMILES string of the molecule is CC(C)(C)N=C(NN)c1ccncc1F. The van der Waals surface area contributed by atoms with Crippen LogP contribution in [0.2, 0.25) is 0 Å². The fourth-order valence-corrected chi connectivity index (χ4v) is 1.07. The molecule has 0 saturated heterocycles. The van der Waals surface area contributed by atoms with E-state index >= 15 is 0 Å². The summed E-state index contributed by atoms with van der Waals surface area (Å²) in [6.45, 7) is 5.72. The molecule has 1 aromatic heterocycles. The van der Waals surface area contributed by atoms with Gasteiger partial charge in [-0.15, -0.1) is 0 Å². The number of aliphatic imine (C=N–C) groups is 1. The second-order valence-electron chi connectivity index (χ2n) is 4.13. The lowest BCUT2D eigenvalue weighted by Gasteiger charge is -2.15. The number of nitrogens with one attached hydrogen (secondary N) is 1. The summed E-state index contributed by atoms with van der Waals surface area (Å²) in [5, 5.41) is 0. The number of amidine groups is 1. The minimum Gasteiger partial charge on any atom is -0.308 e. The first-order chi connectivity index (χ1) is 6.94. The van der Waals surface area contributed by atoms with Gasteiger partial charge in [-0.3, -0.25) is 9.98 Å². The molecule has 0 amide bonds. The van der Waals surface area contributed by atoms with E-state index in [1.165, 1.54) is 12.3 Å². The van der Waals surface area contributed by atoms with Gasteiger partial charge in [-0.1, -0.05) is 0 Å². The molecule has 0 aliphatic rings. The molecule has 0 unspecified atom stereocenters. The molecule has 0 radical (unpaired) electrons. The summed E-state index contributed by atoms with van der Waals surface area (Å²) in [5.41, 5.74) is 2.40. The van der Waals surface area contributed by atoms with Gasteiger partial charge in [-0.25, -0.2) is 10.2 Å². The molecular weight excluding hydrogens is 195 g/mol. The molecule has 0 spiro atoms. The molecule has 5 heteroatoms. The highest BCUT2D eigenvalue weighted by molar-refractivity contribution is 5.98. The monoisotopic (exact) mass is 210 g/mol. The summed E-state index contributed by atoms with van der Waals surface area (Å²) in [7, 11) is 0. The Kier molecular flexibility index (Phi) is 3.36. The van der Waals surface area contributed by atoms with Crippen molar-refractivity contribution >= 4 is 5.84 Å². The van der Waals surface area contributed by atoms with Crippen LogP contribution in [0.3, 0.4) is 0 Å². The molecule has 0 aliphatic carbocycles. The number of rotatable bonds is 1. The van der Waals surface area contributed by atoms with Crippen LogP contribution in [0.15, 0.2) is 23.5 Å². The fourth-order valence-electron chi connectivity index (χ4n) is 1.07. The van der Waals surface area contributed by atoms with Gasteiger partial charge in [0, 0.05) is 6.20 Å². The molecule has 0 aliphatic heterocycles. The van der Waals surface area contributed by atoms with Crippen LogP contribution in [-0.2, 0) is 0 Å². The maximum Gasteiger partial charge on any atom is 0.152 e. The van der Waals surface area contributed by atoms with Gasteiger partial charge in [0.05, 0.1) is 17.3 Å². The Hall–Kier alpha value is -1.49. The molecule has 1 aromatic rings. The van der Waals surface area contributed by atoms with E-state index in [0.29, 0.717) is 11.4 Å². The third kappa shape index (κ3) is 3.28. The minimum absolute atomic E-state index is 0.322. The van der Waals surface area contributed by atoms with Crippen molar-refractivity contribution in [3.05, 3.63) is 29.8 Å². The Morgan fingerprint density at radius 1 is 1.53 bits per heavy atom. The Bertz CT molecular complexity index is 368. The lowest BCUT2D eigenvalue weighted by molar-refractivity contribution is 0.577. The van der Waals surface area contributed by atoms with Gasteiger partial charge in [0.25, 0.3) is 0 Å². The van der Waals surface area contributed by atoms with E-state index in [4.69, 9.17) is 5.84 Å². The van der Waals surface area contributed by atoms with Crippen LogP contribution in [0.1, 0.15) is 26.3 Å². The molecule has 1 rings (SSSR count). The number of nitrogens with zero attached hydrogens (tertiary/aromatic N) is 2. The first-order valence-electron chi connectivity index (χ1n) is 4.60. The number of hydrogen-bond donors (Lipinski definition) is 2. The topological polar surface area (TPSA) is 63.3 Å². The third-order valence-corrected chi connectivity index (χ3v) is 1.61. The van der Waals surface area contributed by atoms with Crippen LogP contribution in [0, 0.1) is 5.82 Å². The van der Waals surface area contributed by atoms with Gasteiger partial charge in [-0.05, 0) is 26.8 Å². The summed E-state index contributed by atoms with van der Waals surface area (Å²) >= 11 is 0. The first kappa shape index (κ1) is 11.6. The predicted molar refractivity (Wildman–Crippen MR) is 57.8 cm³/mol. The van der Waals surface area contributed by atoms with Gasteiger partial charge in [0.1, 0.15) is 5.84 Å². The molecule has 0 fully saturated rings. The minimum atomic E-state index is -0.446. The van der Waals surface area contributed by atoms with E-state index in [9.17, 15) is 4.39 Å². The van der Waals surface area contributed by atoms with Gasteiger partial charge >= 0.3 is 0 Å². The zero-order valence-electron chi connectivity index (χ0n) is 9.08. The van der Waals surface area contributed by atoms with Crippen LogP contribution in [-0.4, -0.2) is 16.4 Å². The number of aromatic nitrogens is 1.